The lowest BCUT2D eigenvalue weighted by Crippen LogP contribution is -2.49. The summed E-state index contributed by atoms with van der Waals surface area (Å²) in [5.41, 5.74) is 0. The fourth-order valence-electron chi connectivity index (χ4n) is 2.22. The van der Waals surface area contributed by atoms with Crippen LogP contribution in [0.5, 0.6) is 0 Å². The van der Waals surface area contributed by atoms with Gasteiger partial charge < -0.3 is 19.8 Å². The Labute approximate surface area is 108 Å². The van der Waals surface area contributed by atoms with Crippen LogP contribution >= 0.6 is 0 Å². The van der Waals surface area contributed by atoms with Gasteiger partial charge in [0.2, 0.25) is 11.8 Å². The average molecular weight is 256 g/mol. The fraction of sp³-hybridized carbons (Fsp3) is 0.818. The van der Waals surface area contributed by atoms with Crippen molar-refractivity contribution in [2.45, 2.75) is 32.6 Å². The van der Waals surface area contributed by atoms with E-state index in [1.165, 1.54) is 9.80 Å². The average Bonchev–Trinajstić information content (AvgIpc) is 2.76. The lowest BCUT2D eigenvalue weighted by Gasteiger charge is -2.27. The van der Waals surface area contributed by atoms with E-state index in [1.807, 2.05) is 0 Å². The maximum atomic E-state index is 12.0. The van der Waals surface area contributed by atoms with Gasteiger partial charge in [0.15, 0.2) is 0 Å². The van der Waals surface area contributed by atoms with Crippen LogP contribution in [-0.4, -0.2) is 64.9 Å². The summed E-state index contributed by atoms with van der Waals surface area (Å²) in [6, 6.07) is 0. The molecule has 2 N–H and O–H groups in total. The van der Waals surface area contributed by atoms with Gasteiger partial charge in [0.05, 0.1) is 12.5 Å². The molecule has 0 aromatic rings. The van der Waals surface area contributed by atoms with Gasteiger partial charge in [-0.15, -0.1) is 0 Å². The predicted octanol–water partition coefficient (Wildman–Crippen LogP) is -0.896. The molecule has 0 bridgehead atoms. The molecule has 1 atom stereocenters. The number of carbonyl (C=O) groups excluding carboxylic acids is 2. The van der Waals surface area contributed by atoms with Crippen LogP contribution in [-0.2, 0) is 9.59 Å². The highest BCUT2D eigenvalue weighted by Crippen LogP contribution is 2.18. The summed E-state index contributed by atoms with van der Waals surface area (Å²) >= 11 is 0. The highest BCUT2D eigenvalue weighted by molar-refractivity contribution is 6.43. The van der Waals surface area contributed by atoms with Gasteiger partial charge in [0.1, 0.15) is 0 Å². The molecule has 1 aliphatic rings. The molecule has 1 rings (SSSR count). The molecule has 6 nitrogen and oxygen atoms in total. The summed E-state index contributed by atoms with van der Waals surface area (Å²) in [5.74, 6) is -1.02. The highest BCUT2D eigenvalue weighted by atomic mass is 16.4. The molecule has 102 valence electrons. The first-order chi connectivity index (χ1) is 8.34. The normalized spacial score (nSPS) is 19.2. The molecule has 1 heterocycles. The summed E-state index contributed by atoms with van der Waals surface area (Å²) in [7, 11) is 0.0725. The summed E-state index contributed by atoms with van der Waals surface area (Å²) < 4.78 is 0. The Morgan fingerprint density at radius 1 is 1.44 bits per heavy atom. The van der Waals surface area contributed by atoms with Crippen molar-refractivity contribution in [1.82, 2.24) is 9.80 Å². The fourth-order valence-corrected chi connectivity index (χ4v) is 2.22. The third-order valence-corrected chi connectivity index (χ3v) is 3.21. The second-order valence-corrected chi connectivity index (χ2v) is 5.06. The molecule has 18 heavy (non-hydrogen) atoms. The zero-order chi connectivity index (χ0) is 13.9. The molecule has 1 aliphatic heterocycles. The maximum absolute atomic E-state index is 12.0. The first-order valence-electron chi connectivity index (χ1n) is 6.25. The zero-order valence-electron chi connectivity index (χ0n) is 11.2. The lowest BCUT2D eigenvalue weighted by molar-refractivity contribution is -0.141. The van der Waals surface area contributed by atoms with Crippen molar-refractivity contribution in [2.75, 3.05) is 20.1 Å². The summed E-state index contributed by atoms with van der Waals surface area (Å²) in [4.78, 5) is 26.5. The molecule has 2 amide bonds. The minimum absolute atomic E-state index is 0.0137. The molecule has 0 aromatic carbocycles. The van der Waals surface area contributed by atoms with Crippen LogP contribution in [0.3, 0.4) is 0 Å². The van der Waals surface area contributed by atoms with Crippen LogP contribution < -0.4 is 0 Å². The zero-order valence-corrected chi connectivity index (χ0v) is 11.2. The Balaban J connectivity index is 2.57. The minimum atomic E-state index is -1.51. The van der Waals surface area contributed by atoms with E-state index in [4.69, 9.17) is 0 Å². The van der Waals surface area contributed by atoms with Crippen molar-refractivity contribution < 1.29 is 19.6 Å². The van der Waals surface area contributed by atoms with E-state index in [0.29, 0.717) is 13.0 Å². The standard InChI is InChI=1S/C11H21BN2O4/c1-8(2)11(16)13(3)7-10(15)14-6-4-5-9(14)12(17)18/h8-9,17-18H,4-7H2,1-3H3. The third kappa shape index (κ3) is 3.46. The van der Waals surface area contributed by atoms with Gasteiger partial charge >= 0.3 is 7.12 Å². The molecule has 0 saturated carbocycles. The molecule has 0 spiro atoms. The van der Waals surface area contributed by atoms with Crippen molar-refractivity contribution in [2.24, 2.45) is 5.92 Å². The van der Waals surface area contributed by atoms with E-state index in [1.54, 1.807) is 20.9 Å². The van der Waals surface area contributed by atoms with Gasteiger partial charge in [-0.3, -0.25) is 9.59 Å². The third-order valence-electron chi connectivity index (χ3n) is 3.21. The Morgan fingerprint density at radius 2 is 2.06 bits per heavy atom. The molecule has 1 saturated heterocycles. The number of rotatable bonds is 4. The van der Waals surface area contributed by atoms with Crippen molar-refractivity contribution >= 4 is 18.9 Å². The summed E-state index contributed by atoms with van der Waals surface area (Å²) in [6.45, 7) is 4.06. The number of carbonyl (C=O) groups is 2. The molecule has 0 aliphatic carbocycles. The monoisotopic (exact) mass is 256 g/mol. The molecular weight excluding hydrogens is 235 g/mol. The SMILES string of the molecule is CC(C)C(=O)N(C)CC(=O)N1CCCC1B(O)O. The van der Waals surface area contributed by atoms with Crippen LogP contribution in [0.2, 0.25) is 0 Å². The van der Waals surface area contributed by atoms with Gasteiger partial charge in [-0.2, -0.15) is 0 Å². The number of hydrogen-bond acceptors (Lipinski definition) is 4. The first-order valence-corrected chi connectivity index (χ1v) is 6.25. The van der Waals surface area contributed by atoms with Gasteiger partial charge in [0, 0.05) is 19.5 Å². The van der Waals surface area contributed by atoms with Crippen LogP contribution in [0.4, 0.5) is 0 Å². The van der Waals surface area contributed by atoms with Crippen LogP contribution in [0.15, 0.2) is 0 Å². The van der Waals surface area contributed by atoms with E-state index in [2.05, 4.69) is 0 Å². The van der Waals surface area contributed by atoms with Crippen LogP contribution in [0.1, 0.15) is 26.7 Å². The summed E-state index contributed by atoms with van der Waals surface area (Å²) in [6.07, 6.45) is 1.35. The van der Waals surface area contributed by atoms with Crippen molar-refractivity contribution in [3.63, 3.8) is 0 Å². The minimum Gasteiger partial charge on any atom is -0.426 e. The second-order valence-electron chi connectivity index (χ2n) is 5.06. The van der Waals surface area contributed by atoms with Gasteiger partial charge in [0.25, 0.3) is 0 Å². The van der Waals surface area contributed by atoms with Crippen molar-refractivity contribution in [1.29, 1.82) is 0 Å². The van der Waals surface area contributed by atoms with Crippen molar-refractivity contribution in [3.05, 3.63) is 0 Å². The van der Waals surface area contributed by atoms with Gasteiger partial charge in [-0.1, -0.05) is 13.8 Å². The molecule has 1 fully saturated rings. The largest absolute Gasteiger partial charge is 0.475 e. The number of hydrogen-bond donors (Lipinski definition) is 2. The van der Waals surface area contributed by atoms with E-state index in [-0.39, 0.29) is 24.3 Å². The van der Waals surface area contributed by atoms with E-state index >= 15 is 0 Å². The molecular formula is C11H21BN2O4. The topological polar surface area (TPSA) is 81.1 Å². The number of amides is 2. The van der Waals surface area contributed by atoms with E-state index < -0.39 is 13.1 Å². The Bertz CT molecular complexity index is 322. The van der Waals surface area contributed by atoms with E-state index in [0.717, 1.165) is 6.42 Å². The highest BCUT2D eigenvalue weighted by Gasteiger charge is 2.37. The second kappa shape index (κ2) is 6.20. The maximum Gasteiger partial charge on any atom is 0.475 e. The number of likely N-dealkylation sites (N-methyl/N-ethyl adjacent to an activating group) is 1. The van der Waals surface area contributed by atoms with Gasteiger partial charge in [-0.05, 0) is 12.8 Å². The van der Waals surface area contributed by atoms with Crippen molar-refractivity contribution in [3.8, 4) is 0 Å². The Morgan fingerprint density at radius 3 is 2.56 bits per heavy atom. The molecule has 0 radical (unpaired) electrons. The quantitative estimate of drug-likeness (QED) is 0.639. The van der Waals surface area contributed by atoms with E-state index in [9.17, 15) is 19.6 Å². The van der Waals surface area contributed by atoms with Crippen LogP contribution in [0.25, 0.3) is 0 Å². The molecule has 7 heteroatoms. The van der Waals surface area contributed by atoms with Crippen LogP contribution in [0, 0.1) is 5.92 Å². The molecule has 0 aromatic heterocycles. The predicted molar refractivity (Wildman–Crippen MR) is 67.4 cm³/mol. The Hall–Kier alpha value is -1.08. The summed E-state index contributed by atoms with van der Waals surface area (Å²) in [5, 5.41) is 18.4. The number of nitrogens with zero attached hydrogens (tertiary/aromatic N) is 2. The Kier molecular flexibility index (Phi) is 5.16. The smallest absolute Gasteiger partial charge is 0.426 e. The lowest BCUT2D eigenvalue weighted by atomic mass is 9.78. The van der Waals surface area contributed by atoms with Gasteiger partial charge in [-0.25, -0.2) is 0 Å². The first kappa shape index (κ1) is 15.0. The number of likely N-dealkylation sites (tertiary alicyclic amines) is 1. The molecule has 1 unspecified atom stereocenters.